The Kier molecular flexibility index (Phi) is 3.56. The highest BCUT2D eigenvalue weighted by Crippen LogP contribution is 2.33. The first-order valence-electron chi connectivity index (χ1n) is 7.27. The quantitative estimate of drug-likeness (QED) is 0.903. The van der Waals surface area contributed by atoms with Gasteiger partial charge in [-0.2, -0.15) is 0 Å². The summed E-state index contributed by atoms with van der Waals surface area (Å²) in [5.74, 6) is 1.05. The standard InChI is InChI=1S/C16H21NO2/c18-11-14-6-3-5-13(14)10-17-9-8-12-4-1-2-7-15(12)16(17)19/h1-2,4,7,13-14,18H,3,5-6,8-11H2. The molecule has 2 unspecified atom stereocenters. The fourth-order valence-corrected chi connectivity index (χ4v) is 3.53. The highest BCUT2D eigenvalue weighted by atomic mass is 16.3. The van der Waals surface area contributed by atoms with Crippen LogP contribution < -0.4 is 0 Å². The van der Waals surface area contributed by atoms with Crippen LogP contribution in [0.15, 0.2) is 24.3 Å². The molecule has 0 radical (unpaired) electrons. The summed E-state index contributed by atoms with van der Waals surface area (Å²) in [5.41, 5.74) is 2.04. The van der Waals surface area contributed by atoms with Gasteiger partial charge in [-0.3, -0.25) is 4.79 Å². The Balaban J connectivity index is 1.72. The number of carbonyl (C=O) groups excluding carboxylic acids is 1. The number of benzene rings is 1. The molecular formula is C16H21NO2. The van der Waals surface area contributed by atoms with Gasteiger partial charge in [-0.1, -0.05) is 24.6 Å². The molecular weight excluding hydrogens is 238 g/mol. The Hall–Kier alpha value is -1.35. The van der Waals surface area contributed by atoms with Crippen LogP contribution in [0, 0.1) is 11.8 Å². The zero-order valence-corrected chi connectivity index (χ0v) is 11.2. The summed E-state index contributed by atoms with van der Waals surface area (Å²) >= 11 is 0. The molecule has 1 heterocycles. The molecule has 1 N–H and O–H groups in total. The summed E-state index contributed by atoms with van der Waals surface area (Å²) in [4.78, 5) is 14.4. The number of rotatable bonds is 3. The largest absolute Gasteiger partial charge is 0.396 e. The summed E-state index contributed by atoms with van der Waals surface area (Å²) in [6.45, 7) is 1.91. The van der Waals surface area contributed by atoms with Crippen molar-refractivity contribution in [1.29, 1.82) is 0 Å². The van der Waals surface area contributed by atoms with Gasteiger partial charge in [-0.15, -0.1) is 0 Å². The van der Waals surface area contributed by atoms with E-state index in [4.69, 9.17) is 0 Å². The Morgan fingerprint density at radius 1 is 1.21 bits per heavy atom. The molecule has 1 saturated carbocycles. The van der Waals surface area contributed by atoms with Gasteiger partial charge in [-0.05, 0) is 42.7 Å². The first kappa shape index (κ1) is 12.7. The molecule has 0 saturated heterocycles. The van der Waals surface area contributed by atoms with Crippen molar-refractivity contribution in [3.8, 4) is 0 Å². The second-order valence-corrected chi connectivity index (χ2v) is 5.79. The van der Waals surface area contributed by atoms with Crippen LogP contribution in [0.5, 0.6) is 0 Å². The Morgan fingerprint density at radius 3 is 2.84 bits per heavy atom. The average Bonchev–Trinajstić information content (AvgIpc) is 2.89. The van der Waals surface area contributed by atoms with Gasteiger partial charge < -0.3 is 10.0 Å². The fraction of sp³-hybridized carbons (Fsp3) is 0.562. The van der Waals surface area contributed by atoms with Crippen molar-refractivity contribution in [2.24, 2.45) is 11.8 Å². The second kappa shape index (κ2) is 5.33. The topological polar surface area (TPSA) is 40.5 Å². The van der Waals surface area contributed by atoms with E-state index in [1.54, 1.807) is 0 Å². The summed E-state index contributed by atoms with van der Waals surface area (Å²) in [6, 6.07) is 7.92. The SMILES string of the molecule is O=C1c2ccccc2CCN1CC1CCCC1CO. The van der Waals surface area contributed by atoms with Crippen LogP contribution >= 0.6 is 0 Å². The Bertz CT molecular complexity index is 472. The summed E-state index contributed by atoms with van der Waals surface area (Å²) in [6.07, 6.45) is 4.41. The van der Waals surface area contributed by atoms with E-state index >= 15 is 0 Å². The molecule has 102 valence electrons. The zero-order chi connectivity index (χ0) is 13.2. The molecule has 0 bridgehead atoms. The maximum atomic E-state index is 12.5. The van der Waals surface area contributed by atoms with Crippen molar-refractivity contribution in [2.75, 3.05) is 19.7 Å². The highest BCUT2D eigenvalue weighted by Gasteiger charge is 2.31. The van der Waals surface area contributed by atoms with Crippen molar-refractivity contribution in [1.82, 2.24) is 4.90 Å². The van der Waals surface area contributed by atoms with Crippen molar-refractivity contribution in [3.05, 3.63) is 35.4 Å². The molecule has 1 aliphatic heterocycles. The third-order valence-corrected chi connectivity index (χ3v) is 4.69. The van der Waals surface area contributed by atoms with E-state index in [2.05, 4.69) is 6.07 Å². The van der Waals surface area contributed by atoms with E-state index in [9.17, 15) is 9.90 Å². The third kappa shape index (κ3) is 2.39. The third-order valence-electron chi connectivity index (χ3n) is 4.69. The molecule has 1 fully saturated rings. The normalized spacial score (nSPS) is 26.6. The van der Waals surface area contributed by atoms with Crippen molar-refractivity contribution >= 4 is 5.91 Å². The van der Waals surface area contributed by atoms with Crippen LogP contribution in [0.2, 0.25) is 0 Å². The predicted octanol–water partition coefficient (Wildman–Crippen LogP) is 2.09. The van der Waals surface area contributed by atoms with E-state index in [0.717, 1.165) is 37.9 Å². The van der Waals surface area contributed by atoms with Crippen LogP contribution in [-0.2, 0) is 6.42 Å². The average molecular weight is 259 g/mol. The summed E-state index contributed by atoms with van der Waals surface area (Å²) in [7, 11) is 0. The lowest BCUT2D eigenvalue weighted by atomic mass is 9.93. The Morgan fingerprint density at radius 2 is 2.00 bits per heavy atom. The van der Waals surface area contributed by atoms with Crippen LogP contribution in [0.3, 0.4) is 0 Å². The number of amides is 1. The summed E-state index contributed by atoms with van der Waals surface area (Å²) < 4.78 is 0. The predicted molar refractivity (Wildman–Crippen MR) is 74.0 cm³/mol. The van der Waals surface area contributed by atoms with Gasteiger partial charge in [0.1, 0.15) is 0 Å². The molecule has 1 aliphatic carbocycles. The van der Waals surface area contributed by atoms with Gasteiger partial charge >= 0.3 is 0 Å². The number of hydrogen-bond donors (Lipinski definition) is 1. The molecule has 1 aromatic carbocycles. The van der Waals surface area contributed by atoms with Gasteiger partial charge in [0.25, 0.3) is 5.91 Å². The van der Waals surface area contributed by atoms with Crippen molar-refractivity contribution < 1.29 is 9.90 Å². The molecule has 1 amide bonds. The number of hydrogen-bond acceptors (Lipinski definition) is 2. The molecule has 0 spiro atoms. The minimum absolute atomic E-state index is 0.172. The monoisotopic (exact) mass is 259 g/mol. The van der Waals surface area contributed by atoms with Crippen molar-refractivity contribution in [2.45, 2.75) is 25.7 Å². The lowest BCUT2D eigenvalue weighted by molar-refractivity contribution is 0.0678. The van der Waals surface area contributed by atoms with E-state index < -0.39 is 0 Å². The van der Waals surface area contributed by atoms with E-state index in [1.165, 1.54) is 12.0 Å². The van der Waals surface area contributed by atoms with Gasteiger partial charge in [-0.25, -0.2) is 0 Å². The van der Waals surface area contributed by atoms with Crippen LogP contribution in [0.25, 0.3) is 0 Å². The fourth-order valence-electron chi connectivity index (χ4n) is 3.53. The number of fused-ring (bicyclic) bond motifs is 1. The van der Waals surface area contributed by atoms with E-state index in [-0.39, 0.29) is 12.5 Å². The van der Waals surface area contributed by atoms with Crippen LogP contribution in [0.4, 0.5) is 0 Å². The Labute approximate surface area is 114 Å². The molecule has 2 aliphatic rings. The highest BCUT2D eigenvalue weighted by molar-refractivity contribution is 5.96. The van der Waals surface area contributed by atoms with Crippen LogP contribution in [0.1, 0.15) is 35.2 Å². The first-order chi connectivity index (χ1) is 9.29. The van der Waals surface area contributed by atoms with E-state index in [0.29, 0.717) is 11.8 Å². The van der Waals surface area contributed by atoms with Gasteiger partial charge in [0.15, 0.2) is 0 Å². The maximum absolute atomic E-state index is 12.5. The number of carbonyl (C=O) groups is 1. The smallest absolute Gasteiger partial charge is 0.254 e. The van der Waals surface area contributed by atoms with Gasteiger partial charge in [0, 0.05) is 25.3 Å². The lowest BCUT2D eigenvalue weighted by Crippen LogP contribution is -2.41. The molecule has 19 heavy (non-hydrogen) atoms. The van der Waals surface area contributed by atoms with Crippen LogP contribution in [-0.4, -0.2) is 35.6 Å². The van der Waals surface area contributed by atoms with Gasteiger partial charge in [0.2, 0.25) is 0 Å². The minimum Gasteiger partial charge on any atom is -0.396 e. The number of aliphatic hydroxyl groups excluding tert-OH is 1. The maximum Gasteiger partial charge on any atom is 0.254 e. The van der Waals surface area contributed by atoms with E-state index in [1.807, 2.05) is 23.1 Å². The number of aliphatic hydroxyl groups is 1. The summed E-state index contributed by atoms with van der Waals surface area (Å²) in [5, 5.41) is 9.39. The number of nitrogens with zero attached hydrogens (tertiary/aromatic N) is 1. The molecule has 1 aromatic rings. The lowest BCUT2D eigenvalue weighted by Gasteiger charge is -2.32. The minimum atomic E-state index is 0.172. The van der Waals surface area contributed by atoms with Crippen molar-refractivity contribution in [3.63, 3.8) is 0 Å². The molecule has 3 nitrogen and oxygen atoms in total. The second-order valence-electron chi connectivity index (χ2n) is 5.79. The van der Waals surface area contributed by atoms with Gasteiger partial charge in [0.05, 0.1) is 0 Å². The molecule has 3 rings (SSSR count). The molecule has 3 heteroatoms. The first-order valence-corrected chi connectivity index (χ1v) is 7.27. The molecule has 0 aromatic heterocycles. The zero-order valence-electron chi connectivity index (χ0n) is 11.2. The molecule has 2 atom stereocenters.